The minimum Gasteiger partial charge on any atom is -0.368 e. The third-order valence-corrected chi connectivity index (χ3v) is 10.4. The molecule has 1 atom stereocenters. The van der Waals surface area contributed by atoms with Crippen molar-refractivity contribution in [3.05, 3.63) is 53.1 Å². The van der Waals surface area contributed by atoms with Crippen LogP contribution >= 0.6 is 0 Å². The standard InChI is InChI=1S/C29H38N4O4S/c1-20-6-5-7-27(22(20)3)30-14-16-31(17-15-30)29(35)24-10-12-32(13-11-24)38(36,37)26-8-9-28-25(19-26)18-21(2)33(28)23(4)34/h5-9,19,21,24H,10-18H2,1-4H3/t21-/m1/s1. The van der Waals surface area contributed by atoms with Crippen LogP contribution in [-0.2, 0) is 26.0 Å². The van der Waals surface area contributed by atoms with Gasteiger partial charge in [0.2, 0.25) is 21.8 Å². The molecule has 38 heavy (non-hydrogen) atoms. The summed E-state index contributed by atoms with van der Waals surface area (Å²) in [5.41, 5.74) is 5.49. The number of hydrogen-bond donors (Lipinski definition) is 0. The molecule has 3 aliphatic rings. The van der Waals surface area contributed by atoms with E-state index in [4.69, 9.17) is 0 Å². The molecule has 9 heteroatoms. The van der Waals surface area contributed by atoms with Gasteiger partial charge in [-0.05, 0) is 81.0 Å². The summed E-state index contributed by atoms with van der Waals surface area (Å²) in [6, 6.07) is 11.5. The lowest BCUT2D eigenvalue weighted by Crippen LogP contribution is -2.52. The SMILES string of the molecule is CC(=O)N1c2ccc(S(=O)(=O)N3CCC(C(=O)N4CCN(c5cccc(C)c5C)CC4)CC3)cc2C[C@H]1C. The summed E-state index contributed by atoms with van der Waals surface area (Å²) in [6.45, 7) is 11.5. The fraction of sp³-hybridized carbons (Fsp3) is 0.517. The second-order valence-corrected chi connectivity index (χ2v) is 12.9. The van der Waals surface area contributed by atoms with E-state index in [0.29, 0.717) is 45.4 Å². The van der Waals surface area contributed by atoms with Crippen molar-refractivity contribution < 1.29 is 18.0 Å². The number of piperidine rings is 1. The van der Waals surface area contributed by atoms with Gasteiger partial charge in [-0.2, -0.15) is 4.31 Å². The van der Waals surface area contributed by atoms with Gasteiger partial charge in [-0.15, -0.1) is 0 Å². The maximum absolute atomic E-state index is 13.4. The summed E-state index contributed by atoms with van der Waals surface area (Å²) in [4.78, 5) is 31.6. The van der Waals surface area contributed by atoms with Crippen LogP contribution in [0.2, 0.25) is 0 Å². The molecular weight excluding hydrogens is 500 g/mol. The summed E-state index contributed by atoms with van der Waals surface area (Å²) in [6.07, 6.45) is 1.72. The molecule has 2 amide bonds. The van der Waals surface area contributed by atoms with E-state index in [1.54, 1.807) is 23.1 Å². The molecule has 0 radical (unpaired) electrons. The zero-order valence-electron chi connectivity index (χ0n) is 22.8. The normalized spacial score (nSPS) is 21.1. The van der Waals surface area contributed by atoms with Crippen LogP contribution in [0.25, 0.3) is 0 Å². The van der Waals surface area contributed by atoms with Crippen LogP contribution in [0.15, 0.2) is 41.3 Å². The van der Waals surface area contributed by atoms with Crippen LogP contribution in [0.5, 0.6) is 0 Å². The summed E-state index contributed by atoms with van der Waals surface area (Å²) < 4.78 is 28.4. The molecule has 3 aliphatic heterocycles. The molecule has 2 fully saturated rings. The highest BCUT2D eigenvalue weighted by Gasteiger charge is 2.36. The van der Waals surface area contributed by atoms with Crippen LogP contribution in [0.1, 0.15) is 43.4 Å². The van der Waals surface area contributed by atoms with Gasteiger partial charge in [0.15, 0.2) is 0 Å². The molecule has 8 nitrogen and oxygen atoms in total. The Balaban J connectivity index is 1.18. The van der Waals surface area contributed by atoms with Gasteiger partial charge in [-0.25, -0.2) is 8.42 Å². The van der Waals surface area contributed by atoms with E-state index >= 15 is 0 Å². The average Bonchev–Trinajstić information content (AvgIpc) is 3.25. The van der Waals surface area contributed by atoms with Crippen molar-refractivity contribution >= 4 is 33.2 Å². The van der Waals surface area contributed by atoms with Gasteiger partial charge in [-0.3, -0.25) is 9.59 Å². The Labute approximate surface area is 226 Å². The van der Waals surface area contributed by atoms with Gasteiger partial charge in [0.1, 0.15) is 0 Å². The molecule has 0 N–H and O–H groups in total. The van der Waals surface area contributed by atoms with Crippen LogP contribution in [-0.4, -0.2) is 74.7 Å². The molecule has 2 saturated heterocycles. The number of fused-ring (bicyclic) bond motifs is 1. The number of carbonyl (C=O) groups is 2. The number of nitrogens with zero attached hydrogens (tertiary/aromatic N) is 4. The van der Waals surface area contributed by atoms with Gasteiger partial charge in [0, 0.05) is 69.5 Å². The Bertz CT molecular complexity index is 1340. The first-order valence-corrected chi connectivity index (χ1v) is 15.0. The third kappa shape index (κ3) is 4.82. The number of hydrogen-bond acceptors (Lipinski definition) is 5. The summed E-state index contributed by atoms with van der Waals surface area (Å²) in [5.74, 6) is -0.0255. The fourth-order valence-corrected chi connectivity index (χ4v) is 7.76. The Hall–Kier alpha value is -2.91. The van der Waals surface area contributed by atoms with E-state index < -0.39 is 10.0 Å². The predicted molar refractivity (Wildman–Crippen MR) is 149 cm³/mol. The average molecular weight is 539 g/mol. The van der Waals surface area contributed by atoms with Crippen LogP contribution in [0, 0.1) is 19.8 Å². The molecular formula is C29H38N4O4S. The summed E-state index contributed by atoms with van der Waals surface area (Å²) in [7, 11) is -3.66. The second-order valence-electron chi connectivity index (χ2n) is 10.9. The van der Waals surface area contributed by atoms with E-state index in [9.17, 15) is 18.0 Å². The number of rotatable bonds is 4. The molecule has 0 saturated carbocycles. The molecule has 0 bridgehead atoms. The molecule has 204 valence electrons. The second kappa shape index (κ2) is 10.3. The van der Waals surface area contributed by atoms with E-state index in [0.717, 1.165) is 24.3 Å². The maximum Gasteiger partial charge on any atom is 0.243 e. The number of sulfonamides is 1. The number of anilines is 2. The number of piperazine rings is 1. The Morgan fingerprint density at radius 2 is 1.58 bits per heavy atom. The first-order chi connectivity index (χ1) is 18.1. The highest BCUT2D eigenvalue weighted by atomic mass is 32.2. The number of aryl methyl sites for hydroxylation is 1. The van der Waals surface area contributed by atoms with E-state index in [2.05, 4.69) is 36.9 Å². The van der Waals surface area contributed by atoms with Crippen LogP contribution in [0.3, 0.4) is 0 Å². The lowest BCUT2D eigenvalue weighted by Gasteiger charge is -2.39. The highest BCUT2D eigenvalue weighted by Crippen LogP contribution is 2.35. The Morgan fingerprint density at radius 1 is 0.895 bits per heavy atom. The number of benzene rings is 2. The summed E-state index contributed by atoms with van der Waals surface area (Å²) in [5, 5.41) is 0. The van der Waals surface area contributed by atoms with E-state index in [1.807, 2.05) is 11.8 Å². The Kier molecular flexibility index (Phi) is 7.26. The molecule has 3 heterocycles. The quantitative estimate of drug-likeness (QED) is 0.597. The molecule has 2 aromatic carbocycles. The monoisotopic (exact) mass is 538 g/mol. The summed E-state index contributed by atoms with van der Waals surface area (Å²) >= 11 is 0. The van der Waals surface area contributed by atoms with Crippen molar-refractivity contribution in [2.75, 3.05) is 49.1 Å². The van der Waals surface area contributed by atoms with Gasteiger partial charge in [-0.1, -0.05) is 12.1 Å². The molecule has 0 spiro atoms. The smallest absolute Gasteiger partial charge is 0.243 e. The molecule has 0 unspecified atom stereocenters. The molecule has 5 rings (SSSR count). The van der Waals surface area contributed by atoms with Gasteiger partial charge in [0.05, 0.1) is 4.90 Å². The van der Waals surface area contributed by atoms with Crippen molar-refractivity contribution in [2.45, 2.75) is 57.9 Å². The largest absolute Gasteiger partial charge is 0.368 e. The van der Waals surface area contributed by atoms with Crippen LogP contribution in [0.4, 0.5) is 11.4 Å². The van der Waals surface area contributed by atoms with E-state index in [-0.39, 0.29) is 28.7 Å². The highest BCUT2D eigenvalue weighted by molar-refractivity contribution is 7.89. The lowest BCUT2D eigenvalue weighted by molar-refractivity contribution is -0.137. The van der Waals surface area contributed by atoms with Crippen molar-refractivity contribution in [1.82, 2.24) is 9.21 Å². The van der Waals surface area contributed by atoms with Crippen molar-refractivity contribution in [3.8, 4) is 0 Å². The lowest BCUT2D eigenvalue weighted by atomic mass is 9.96. The van der Waals surface area contributed by atoms with Gasteiger partial charge >= 0.3 is 0 Å². The third-order valence-electron chi connectivity index (χ3n) is 8.55. The molecule has 0 aromatic heterocycles. The van der Waals surface area contributed by atoms with E-state index in [1.165, 1.54) is 28.0 Å². The van der Waals surface area contributed by atoms with Crippen molar-refractivity contribution in [1.29, 1.82) is 0 Å². The Morgan fingerprint density at radius 3 is 2.24 bits per heavy atom. The zero-order chi connectivity index (χ0) is 27.2. The minimum atomic E-state index is -3.66. The number of carbonyl (C=O) groups excluding carboxylic acids is 2. The van der Waals surface area contributed by atoms with Gasteiger partial charge in [0.25, 0.3) is 0 Å². The molecule has 2 aromatic rings. The van der Waals surface area contributed by atoms with Gasteiger partial charge < -0.3 is 14.7 Å². The topological polar surface area (TPSA) is 81.2 Å². The van der Waals surface area contributed by atoms with Crippen molar-refractivity contribution in [3.63, 3.8) is 0 Å². The minimum absolute atomic E-state index is 0.0184. The maximum atomic E-state index is 13.4. The fourth-order valence-electron chi connectivity index (χ4n) is 6.24. The first kappa shape index (κ1) is 26.7. The van der Waals surface area contributed by atoms with Crippen LogP contribution < -0.4 is 9.80 Å². The predicted octanol–water partition coefficient (Wildman–Crippen LogP) is 3.35. The molecule has 0 aliphatic carbocycles. The van der Waals surface area contributed by atoms with Crippen molar-refractivity contribution in [2.24, 2.45) is 5.92 Å². The number of amides is 2. The zero-order valence-corrected chi connectivity index (χ0v) is 23.6. The first-order valence-electron chi connectivity index (χ1n) is 13.6.